The highest BCUT2D eigenvalue weighted by atomic mass is 32.1. The second-order valence-electron chi connectivity index (χ2n) is 6.30. The monoisotopic (exact) mass is 401 g/mol. The molecule has 1 aliphatic heterocycles. The molecule has 1 fully saturated rings. The number of aromatic nitrogens is 3. The normalized spacial score (nSPS) is 17.4. The van der Waals surface area contributed by atoms with E-state index in [0.29, 0.717) is 34.4 Å². The van der Waals surface area contributed by atoms with Crippen LogP contribution in [0.25, 0.3) is 0 Å². The molecule has 1 N–H and O–H groups in total. The van der Waals surface area contributed by atoms with Crippen molar-refractivity contribution in [3.05, 3.63) is 27.7 Å². The van der Waals surface area contributed by atoms with E-state index in [9.17, 15) is 22.8 Å². The summed E-state index contributed by atoms with van der Waals surface area (Å²) in [5, 5.41) is 6.69. The van der Waals surface area contributed by atoms with Crippen LogP contribution in [0, 0.1) is 6.92 Å². The van der Waals surface area contributed by atoms with E-state index in [0.717, 1.165) is 11.3 Å². The van der Waals surface area contributed by atoms with Gasteiger partial charge in [-0.15, -0.1) is 11.3 Å². The van der Waals surface area contributed by atoms with Crippen LogP contribution in [-0.2, 0) is 11.8 Å². The van der Waals surface area contributed by atoms with Crippen molar-refractivity contribution in [3.8, 4) is 0 Å². The summed E-state index contributed by atoms with van der Waals surface area (Å²) in [5.41, 5.74) is 0. The van der Waals surface area contributed by atoms with E-state index < -0.39 is 24.5 Å². The van der Waals surface area contributed by atoms with Crippen LogP contribution in [0.4, 0.5) is 19.1 Å². The molecular formula is C16H18F3N5O2S. The summed E-state index contributed by atoms with van der Waals surface area (Å²) in [6.07, 6.45) is -4.79. The molecule has 2 aromatic heterocycles. The maximum atomic E-state index is 12.5. The lowest BCUT2D eigenvalue weighted by molar-refractivity contribution is -0.162. The molecule has 0 saturated carbocycles. The van der Waals surface area contributed by atoms with Gasteiger partial charge in [-0.25, -0.2) is 4.68 Å². The van der Waals surface area contributed by atoms with Crippen LogP contribution in [0.3, 0.4) is 0 Å². The molecule has 2 amide bonds. The summed E-state index contributed by atoms with van der Waals surface area (Å²) in [4.78, 5) is 30.8. The van der Waals surface area contributed by atoms with Gasteiger partial charge in [0.2, 0.25) is 11.9 Å². The summed E-state index contributed by atoms with van der Waals surface area (Å²) in [7, 11) is 1.65. The average molecular weight is 401 g/mol. The first-order chi connectivity index (χ1) is 12.6. The van der Waals surface area contributed by atoms with E-state index in [4.69, 9.17) is 0 Å². The Bertz CT molecular complexity index is 861. The third kappa shape index (κ3) is 4.46. The van der Waals surface area contributed by atoms with E-state index in [1.807, 2.05) is 0 Å². The van der Waals surface area contributed by atoms with Crippen LogP contribution in [0.5, 0.6) is 0 Å². The van der Waals surface area contributed by atoms with E-state index in [2.05, 4.69) is 15.4 Å². The molecule has 0 bridgehead atoms. The van der Waals surface area contributed by atoms with Gasteiger partial charge < -0.3 is 4.90 Å². The van der Waals surface area contributed by atoms with Gasteiger partial charge in [-0.2, -0.15) is 23.3 Å². The Morgan fingerprint density at radius 1 is 1.37 bits per heavy atom. The highest BCUT2D eigenvalue weighted by molar-refractivity contribution is 7.14. The molecule has 11 heteroatoms. The van der Waals surface area contributed by atoms with Crippen molar-refractivity contribution in [2.24, 2.45) is 7.05 Å². The number of carbonyl (C=O) groups is 2. The smallest absolute Gasteiger partial charge is 0.335 e. The Balaban J connectivity index is 1.71. The second kappa shape index (κ2) is 7.29. The molecule has 146 valence electrons. The number of anilines is 1. The van der Waals surface area contributed by atoms with E-state index >= 15 is 0 Å². The number of hydrogen-bond donors (Lipinski definition) is 1. The first-order valence-electron chi connectivity index (χ1n) is 8.29. The van der Waals surface area contributed by atoms with Crippen molar-refractivity contribution in [2.75, 3.05) is 11.9 Å². The largest absolute Gasteiger partial charge is 0.397 e. The Labute approximate surface area is 157 Å². The number of alkyl halides is 3. The summed E-state index contributed by atoms with van der Waals surface area (Å²) in [6.45, 7) is 1.99. The van der Waals surface area contributed by atoms with Crippen LogP contribution in [0.1, 0.15) is 45.7 Å². The fraction of sp³-hybridized carbons (Fsp3) is 0.500. The summed E-state index contributed by atoms with van der Waals surface area (Å²) in [5.74, 6) is -0.494. The number of thiophene rings is 1. The molecule has 7 nitrogen and oxygen atoms in total. The second-order valence-corrected chi connectivity index (χ2v) is 7.41. The van der Waals surface area contributed by atoms with Gasteiger partial charge in [-0.3, -0.25) is 14.9 Å². The minimum absolute atomic E-state index is 0.289. The molecule has 2 aromatic rings. The van der Waals surface area contributed by atoms with Gasteiger partial charge in [-0.05, 0) is 31.9 Å². The first kappa shape index (κ1) is 19.3. The van der Waals surface area contributed by atoms with Gasteiger partial charge in [-0.1, -0.05) is 0 Å². The molecule has 0 aromatic carbocycles. The summed E-state index contributed by atoms with van der Waals surface area (Å²) >= 11 is 1.16. The molecular weight excluding hydrogens is 383 g/mol. The SMILES string of the molecule is Cc1nc(NC(=O)c2ccc([C@H]3CCCN3C(=O)CC(F)(F)F)s2)n(C)n1. The molecule has 1 aliphatic rings. The van der Waals surface area contributed by atoms with Gasteiger partial charge in [0.1, 0.15) is 12.2 Å². The van der Waals surface area contributed by atoms with Crippen LogP contribution >= 0.6 is 11.3 Å². The van der Waals surface area contributed by atoms with Crippen molar-refractivity contribution >= 4 is 29.1 Å². The maximum Gasteiger partial charge on any atom is 0.397 e. The fourth-order valence-corrected chi connectivity index (χ4v) is 4.12. The number of carbonyl (C=O) groups excluding carboxylic acids is 2. The van der Waals surface area contributed by atoms with E-state index in [1.165, 1.54) is 9.58 Å². The van der Waals surface area contributed by atoms with E-state index in [-0.39, 0.29) is 12.5 Å². The van der Waals surface area contributed by atoms with Crippen molar-refractivity contribution in [3.63, 3.8) is 0 Å². The average Bonchev–Trinajstić information content (AvgIpc) is 3.25. The highest BCUT2D eigenvalue weighted by Crippen LogP contribution is 2.37. The number of nitrogens with zero attached hydrogens (tertiary/aromatic N) is 4. The standard InChI is InChI=1S/C16H18F3N5O2S/c1-9-20-15(23(2)22-9)21-14(26)12-6-5-11(27-12)10-4-3-7-24(10)13(25)8-16(17,18)19/h5-6,10H,3-4,7-8H2,1-2H3,(H,20,21,22,26)/t10-/m1/s1. The van der Waals surface area contributed by atoms with Crippen molar-refractivity contribution < 1.29 is 22.8 Å². The predicted octanol–water partition coefficient (Wildman–Crippen LogP) is 3.05. The number of likely N-dealkylation sites (tertiary alicyclic amines) is 1. The molecule has 0 aliphatic carbocycles. The maximum absolute atomic E-state index is 12.5. The van der Waals surface area contributed by atoms with Crippen LogP contribution in [0.2, 0.25) is 0 Å². The molecule has 1 saturated heterocycles. The number of amides is 2. The lowest BCUT2D eigenvalue weighted by Gasteiger charge is -2.24. The Hall–Kier alpha value is -2.43. The summed E-state index contributed by atoms with van der Waals surface area (Å²) < 4.78 is 39.0. The summed E-state index contributed by atoms with van der Waals surface area (Å²) in [6, 6.07) is 2.86. The number of hydrogen-bond acceptors (Lipinski definition) is 5. The third-order valence-electron chi connectivity index (χ3n) is 4.20. The van der Waals surface area contributed by atoms with Crippen molar-refractivity contribution in [1.82, 2.24) is 19.7 Å². The van der Waals surface area contributed by atoms with Gasteiger partial charge in [0.05, 0.1) is 10.9 Å². The topological polar surface area (TPSA) is 80.1 Å². The number of rotatable bonds is 4. The molecule has 27 heavy (non-hydrogen) atoms. The third-order valence-corrected chi connectivity index (χ3v) is 5.38. The number of aryl methyl sites for hydroxylation is 2. The lowest BCUT2D eigenvalue weighted by atomic mass is 10.2. The predicted molar refractivity (Wildman–Crippen MR) is 92.4 cm³/mol. The first-order valence-corrected chi connectivity index (χ1v) is 9.10. The van der Waals surface area contributed by atoms with Crippen LogP contribution < -0.4 is 5.32 Å². The lowest BCUT2D eigenvalue weighted by Crippen LogP contribution is -2.33. The van der Waals surface area contributed by atoms with Crippen LogP contribution in [-0.4, -0.2) is 44.2 Å². The minimum Gasteiger partial charge on any atom is -0.335 e. The minimum atomic E-state index is -4.53. The molecule has 1 atom stereocenters. The molecule has 0 spiro atoms. The Morgan fingerprint density at radius 3 is 2.74 bits per heavy atom. The Morgan fingerprint density at radius 2 is 2.11 bits per heavy atom. The highest BCUT2D eigenvalue weighted by Gasteiger charge is 2.38. The number of nitrogens with one attached hydrogen (secondary N) is 1. The van der Waals surface area contributed by atoms with Gasteiger partial charge in [0, 0.05) is 18.5 Å². The van der Waals surface area contributed by atoms with Crippen LogP contribution in [0.15, 0.2) is 12.1 Å². The Kier molecular flexibility index (Phi) is 5.22. The van der Waals surface area contributed by atoms with Gasteiger partial charge in [0.25, 0.3) is 5.91 Å². The zero-order valence-corrected chi connectivity index (χ0v) is 15.5. The zero-order chi connectivity index (χ0) is 19.8. The van der Waals surface area contributed by atoms with Gasteiger partial charge in [0.15, 0.2) is 0 Å². The molecule has 3 heterocycles. The fourth-order valence-electron chi connectivity index (χ4n) is 3.07. The molecule has 3 rings (SSSR count). The van der Waals surface area contributed by atoms with E-state index in [1.54, 1.807) is 26.1 Å². The van der Waals surface area contributed by atoms with Gasteiger partial charge >= 0.3 is 6.18 Å². The van der Waals surface area contributed by atoms with Crippen molar-refractivity contribution in [1.29, 1.82) is 0 Å². The quantitative estimate of drug-likeness (QED) is 0.854. The molecule has 0 unspecified atom stereocenters. The number of halogens is 3. The van der Waals surface area contributed by atoms with Crippen molar-refractivity contribution in [2.45, 2.75) is 38.4 Å². The zero-order valence-electron chi connectivity index (χ0n) is 14.7. The molecule has 0 radical (unpaired) electrons.